The molecule has 0 bridgehead atoms. The van der Waals surface area contributed by atoms with E-state index in [0.717, 1.165) is 62.5 Å². The van der Waals surface area contributed by atoms with Crippen molar-refractivity contribution in [1.29, 1.82) is 0 Å². The molecule has 3 N–H and O–H groups in total. The quantitative estimate of drug-likeness (QED) is 0.716. The van der Waals surface area contributed by atoms with E-state index in [9.17, 15) is 9.90 Å². The molecular formula is C17H25N5O2. The van der Waals surface area contributed by atoms with Crippen molar-refractivity contribution < 1.29 is 9.90 Å². The molecule has 4 rings (SSSR count). The molecule has 1 aromatic rings. The van der Waals surface area contributed by atoms with Crippen LogP contribution in [0.15, 0.2) is 17.3 Å². The number of aliphatic imine (C=N–C) groups is 1. The molecule has 130 valence electrons. The van der Waals surface area contributed by atoms with E-state index in [4.69, 9.17) is 0 Å². The Kier molecular flexibility index (Phi) is 3.75. The summed E-state index contributed by atoms with van der Waals surface area (Å²) in [6.07, 6.45) is 5.06. The summed E-state index contributed by atoms with van der Waals surface area (Å²) in [6, 6.07) is 2.05. The number of amides is 1. The zero-order valence-electron chi connectivity index (χ0n) is 14.1. The van der Waals surface area contributed by atoms with Crippen molar-refractivity contribution in [2.45, 2.75) is 44.2 Å². The molecule has 0 aliphatic carbocycles. The van der Waals surface area contributed by atoms with Gasteiger partial charge in [0.05, 0.1) is 11.1 Å². The van der Waals surface area contributed by atoms with Gasteiger partial charge < -0.3 is 25.2 Å². The summed E-state index contributed by atoms with van der Waals surface area (Å²) < 4.78 is 0. The molecule has 1 spiro atoms. The molecule has 3 aliphatic heterocycles. The minimum atomic E-state index is -0.928. The number of hydrogen-bond donors (Lipinski definition) is 3. The van der Waals surface area contributed by atoms with E-state index in [1.165, 1.54) is 0 Å². The van der Waals surface area contributed by atoms with E-state index in [1.54, 1.807) is 6.92 Å². The highest BCUT2D eigenvalue weighted by molar-refractivity contribution is 6.04. The van der Waals surface area contributed by atoms with Gasteiger partial charge in [0.25, 0.3) is 5.91 Å². The number of piperidine rings is 1. The van der Waals surface area contributed by atoms with Crippen LogP contribution in [0, 0.1) is 0 Å². The van der Waals surface area contributed by atoms with Gasteiger partial charge in [-0.15, -0.1) is 0 Å². The fourth-order valence-electron chi connectivity index (χ4n) is 4.48. The van der Waals surface area contributed by atoms with E-state index < -0.39 is 6.10 Å². The van der Waals surface area contributed by atoms with Crippen molar-refractivity contribution >= 4 is 17.6 Å². The Labute approximate surface area is 141 Å². The maximum Gasteiger partial charge on any atom is 0.251 e. The third kappa shape index (κ3) is 2.38. The first-order valence-electron chi connectivity index (χ1n) is 8.81. The van der Waals surface area contributed by atoms with Crippen LogP contribution >= 0.6 is 0 Å². The first kappa shape index (κ1) is 15.5. The van der Waals surface area contributed by atoms with Crippen molar-refractivity contribution in [3.63, 3.8) is 0 Å². The molecule has 0 radical (unpaired) electrons. The van der Waals surface area contributed by atoms with Crippen molar-refractivity contribution in [1.82, 2.24) is 14.8 Å². The van der Waals surface area contributed by atoms with E-state index in [0.29, 0.717) is 6.67 Å². The molecule has 1 amide bonds. The van der Waals surface area contributed by atoms with Gasteiger partial charge in [0.1, 0.15) is 24.4 Å². The number of aromatic amines is 1. The Morgan fingerprint density at radius 2 is 2.17 bits per heavy atom. The van der Waals surface area contributed by atoms with E-state index >= 15 is 0 Å². The van der Waals surface area contributed by atoms with Gasteiger partial charge in [0, 0.05) is 25.8 Å². The van der Waals surface area contributed by atoms with Gasteiger partial charge in [-0.3, -0.25) is 4.79 Å². The van der Waals surface area contributed by atoms with E-state index in [-0.39, 0.29) is 11.4 Å². The topological polar surface area (TPSA) is 84.0 Å². The number of amidine groups is 1. The lowest BCUT2D eigenvalue weighted by molar-refractivity contribution is -0.145. The van der Waals surface area contributed by atoms with Gasteiger partial charge in [0.15, 0.2) is 0 Å². The lowest BCUT2D eigenvalue weighted by Gasteiger charge is -2.47. The lowest BCUT2D eigenvalue weighted by atomic mass is 9.85. The van der Waals surface area contributed by atoms with Crippen LogP contribution in [0.1, 0.15) is 38.2 Å². The summed E-state index contributed by atoms with van der Waals surface area (Å²) in [5.74, 6) is 1.90. The Morgan fingerprint density at radius 1 is 1.38 bits per heavy atom. The molecule has 1 aromatic heterocycles. The number of aliphatic hydroxyl groups excluding tert-OH is 1. The Bertz CT molecular complexity index is 668. The summed E-state index contributed by atoms with van der Waals surface area (Å²) in [4.78, 5) is 24.6. The van der Waals surface area contributed by atoms with Crippen LogP contribution in [0.4, 0.5) is 5.82 Å². The number of carbonyl (C=O) groups excluding carboxylic acids is 1. The molecule has 24 heavy (non-hydrogen) atoms. The number of nitrogens with one attached hydrogen (secondary N) is 2. The summed E-state index contributed by atoms with van der Waals surface area (Å²) in [5.41, 5.74) is 0.945. The minimum absolute atomic E-state index is 0.135. The fourth-order valence-corrected chi connectivity index (χ4v) is 4.48. The lowest BCUT2D eigenvalue weighted by Crippen LogP contribution is -2.60. The first-order valence-corrected chi connectivity index (χ1v) is 8.81. The predicted octanol–water partition coefficient (Wildman–Crippen LogP) is 0.982. The van der Waals surface area contributed by atoms with Crippen molar-refractivity contribution in [3.8, 4) is 0 Å². The van der Waals surface area contributed by atoms with Gasteiger partial charge in [-0.1, -0.05) is 0 Å². The maximum atomic E-state index is 12.5. The molecule has 3 aliphatic rings. The van der Waals surface area contributed by atoms with E-state index in [2.05, 4.69) is 26.3 Å². The second-order valence-electron chi connectivity index (χ2n) is 7.10. The predicted molar refractivity (Wildman–Crippen MR) is 92.0 cm³/mol. The van der Waals surface area contributed by atoms with Crippen LogP contribution in [-0.4, -0.2) is 69.6 Å². The highest BCUT2D eigenvalue weighted by Crippen LogP contribution is 2.38. The van der Waals surface area contributed by atoms with Gasteiger partial charge in [0.2, 0.25) is 0 Å². The van der Waals surface area contributed by atoms with Crippen LogP contribution in [0.5, 0.6) is 0 Å². The number of aliphatic hydroxyl groups is 1. The second kappa shape index (κ2) is 5.81. The highest BCUT2D eigenvalue weighted by atomic mass is 16.3. The summed E-state index contributed by atoms with van der Waals surface area (Å²) in [6.45, 7) is 4.65. The standard InChI is InChI=1S/C17H25N5O2/c1-12(23)16(24)22-9-3-6-17(22)5-2-8-21(10-17)15-13-4-7-18-14(13)19-11-20-15/h4,7,12,18-19,23H,2-3,5-6,8-11H2,1H3/t12-,17?/m0/s1. The largest absolute Gasteiger partial charge is 0.384 e. The number of nitrogens with zero attached hydrogens (tertiary/aromatic N) is 3. The molecule has 2 saturated heterocycles. The van der Waals surface area contributed by atoms with Gasteiger partial charge in [-0.25, -0.2) is 4.99 Å². The molecule has 7 nitrogen and oxygen atoms in total. The van der Waals surface area contributed by atoms with Crippen LogP contribution < -0.4 is 5.32 Å². The molecule has 4 heterocycles. The van der Waals surface area contributed by atoms with Gasteiger partial charge >= 0.3 is 0 Å². The normalized spacial score (nSPS) is 27.7. The highest BCUT2D eigenvalue weighted by Gasteiger charge is 2.47. The molecule has 2 atom stereocenters. The maximum absolute atomic E-state index is 12.5. The zero-order valence-corrected chi connectivity index (χ0v) is 14.1. The first-order chi connectivity index (χ1) is 11.6. The third-order valence-electron chi connectivity index (χ3n) is 5.55. The molecule has 7 heteroatoms. The number of H-pyrrole nitrogens is 1. The number of aromatic nitrogens is 1. The zero-order chi connectivity index (χ0) is 16.7. The number of likely N-dealkylation sites (tertiary alicyclic amines) is 2. The molecule has 0 saturated carbocycles. The summed E-state index contributed by atoms with van der Waals surface area (Å²) >= 11 is 0. The van der Waals surface area contributed by atoms with Crippen LogP contribution in [0.25, 0.3) is 0 Å². The van der Waals surface area contributed by atoms with Crippen molar-refractivity contribution in [2.75, 3.05) is 31.6 Å². The number of hydrogen-bond acceptors (Lipinski definition) is 5. The number of carbonyl (C=O) groups is 1. The third-order valence-corrected chi connectivity index (χ3v) is 5.55. The number of rotatable bonds is 1. The average molecular weight is 331 g/mol. The summed E-state index contributed by atoms with van der Waals surface area (Å²) in [7, 11) is 0. The minimum Gasteiger partial charge on any atom is -0.384 e. The SMILES string of the molecule is C[C@H](O)C(=O)N1CCCC12CCCN(C1=NCNc3[nH]ccc31)C2. The van der Waals surface area contributed by atoms with Crippen LogP contribution in [-0.2, 0) is 4.79 Å². The number of fused-ring (bicyclic) bond motifs is 1. The fraction of sp³-hybridized carbons (Fsp3) is 0.647. The Balaban J connectivity index is 1.60. The van der Waals surface area contributed by atoms with Crippen molar-refractivity contribution in [2.24, 2.45) is 4.99 Å². The van der Waals surface area contributed by atoms with Gasteiger partial charge in [-0.05, 0) is 38.7 Å². The van der Waals surface area contributed by atoms with Gasteiger partial charge in [-0.2, -0.15) is 0 Å². The molecule has 1 unspecified atom stereocenters. The summed E-state index contributed by atoms with van der Waals surface area (Å²) in [5, 5.41) is 13.0. The molecule has 0 aromatic carbocycles. The average Bonchev–Trinajstić information content (AvgIpc) is 3.21. The molecular weight excluding hydrogens is 306 g/mol. The molecule has 2 fully saturated rings. The van der Waals surface area contributed by atoms with E-state index in [1.807, 2.05) is 11.1 Å². The van der Waals surface area contributed by atoms with Crippen LogP contribution in [0.2, 0.25) is 0 Å². The smallest absolute Gasteiger partial charge is 0.251 e. The van der Waals surface area contributed by atoms with Crippen LogP contribution in [0.3, 0.4) is 0 Å². The number of anilines is 1. The Hall–Kier alpha value is -2.02. The second-order valence-corrected chi connectivity index (χ2v) is 7.10. The van der Waals surface area contributed by atoms with Crippen molar-refractivity contribution in [3.05, 3.63) is 17.8 Å². The monoisotopic (exact) mass is 331 g/mol. The Morgan fingerprint density at radius 3 is 2.96 bits per heavy atom.